The van der Waals surface area contributed by atoms with Gasteiger partial charge in [0.25, 0.3) is 0 Å². The highest BCUT2D eigenvalue weighted by atomic mass is 127. The molecular weight excluding hydrogens is 519 g/mol. The molecule has 3 aliphatic heterocycles. The van der Waals surface area contributed by atoms with Crippen molar-refractivity contribution in [2.75, 3.05) is 46.4 Å². The first-order valence-electron chi connectivity index (χ1n) is 11.8. The molecule has 0 amide bonds. The molecular formula is C24H39IN4O3. The fourth-order valence-electron chi connectivity index (χ4n) is 5.03. The maximum atomic E-state index is 6.01. The van der Waals surface area contributed by atoms with Crippen LogP contribution in [0.1, 0.15) is 37.8 Å². The van der Waals surface area contributed by atoms with Gasteiger partial charge in [0.1, 0.15) is 6.10 Å². The van der Waals surface area contributed by atoms with E-state index in [2.05, 4.69) is 58.2 Å². The van der Waals surface area contributed by atoms with Gasteiger partial charge in [0.05, 0.1) is 24.9 Å². The number of benzene rings is 1. The number of nitrogens with one attached hydrogen (secondary N) is 1. The average molecular weight is 559 g/mol. The van der Waals surface area contributed by atoms with Crippen molar-refractivity contribution < 1.29 is 14.2 Å². The second kappa shape index (κ2) is 12.5. The predicted octanol–water partition coefficient (Wildman–Crippen LogP) is 2.87. The maximum absolute atomic E-state index is 6.01. The molecule has 0 aromatic heterocycles. The first-order valence-corrected chi connectivity index (χ1v) is 11.8. The van der Waals surface area contributed by atoms with Crippen molar-refractivity contribution in [1.82, 2.24) is 15.1 Å². The lowest BCUT2D eigenvalue weighted by Gasteiger charge is -2.37. The van der Waals surface area contributed by atoms with Crippen molar-refractivity contribution in [2.24, 2.45) is 4.99 Å². The quantitative estimate of drug-likeness (QED) is 0.341. The highest BCUT2D eigenvalue weighted by Crippen LogP contribution is 2.21. The molecule has 4 rings (SSSR count). The normalized spacial score (nSPS) is 29.6. The summed E-state index contributed by atoms with van der Waals surface area (Å²) in [4.78, 5) is 9.37. The Hall–Kier alpha value is -0.940. The highest BCUT2D eigenvalue weighted by Gasteiger charge is 2.32. The molecule has 180 valence electrons. The Labute approximate surface area is 209 Å². The van der Waals surface area contributed by atoms with Crippen molar-refractivity contribution in [3.8, 4) is 0 Å². The molecule has 3 heterocycles. The Morgan fingerprint density at radius 2 is 1.75 bits per heavy atom. The van der Waals surface area contributed by atoms with Gasteiger partial charge in [-0.25, -0.2) is 0 Å². The van der Waals surface area contributed by atoms with Crippen LogP contribution in [-0.2, 0) is 27.3 Å². The molecule has 0 aliphatic carbocycles. The lowest BCUT2D eigenvalue weighted by molar-refractivity contribution is -0.0817. The van der Waals surface area contributed by atoms with Gasteiger partial charge < -0.3 is 24.4 Å². The molecule has 4 atom stereocenters. The molecule has 3 saturated heterocycles. The number of hydrogen-bond acceptors (Lipinski definition) is 5. The Kier molecular flexibility index (Phi) is 10.0. The van der Waals surface area contributed by atoms with Crippen LogP contribution in [0.3, 0.4) is 0 Å². The number of nitrogens with zero attached hydrogens (tertiary/aromatic N) is 3. The molecule has 0 radical (unpaired) electrons. The van der Waals surface area contributed by atoms with E-state index < -0.39 is 0 Å². The Morgan fingerprint density at radius 1 is 1.03 bits per heavy atom. The topological polar surface area (TPSA) is 58.6 Å². The lowest BCUT2D eigenvalue weighted by Crippen LogP contribution is -2.53. The van der Waals surface area contributed by atoms with Crippen LogP contribution in [0.5, 0.6) is 0 Å². The number of aliphatic imine (C=N–C) groups is 1. The predicted molar refractivity (Wildman–Crippen MR) is 138 cm³/mol. The van der Waals surface area contributed by atoms with Crippen molar-refractivity contribution in [1.29, 1.82) is 0 Å². The minimum absolute atomic E-state index is 0. The molecule has 3 fully saturated rings. The zero-order chi connectivity index (χ0) is 21.6. The third-order valence-corrected chi connectivity index (χ3v) is 6.43. The van der Waals surface area contributed by atoms with E-state index in [0.29, 0.717) is 0 Å². The summed E-state index contributed by atoms with van der Waals surface area (Å²) in [5.41, 5.74) is 2.69. The first-order chi connectivity index (χ1) is 15.1. The third-order valence-electron chi connectivity index (χ3n) is 6.43. The smallest absolute Gasteiger partial charge is 0.194 e. The Morgan fingerprint density at radius 3 is 2.44 bits per heavy atom. The van der Waals surface area contributed by atoms with Gasteiger partial charge >= 0.3 is 0 Å². The van der Waals surface area contributed by atoms with Crippen LogP contribution in [0, 0.1) is 0 Å². The van der Waals surface area contributed by atoms with Crippen LogP contribution in [0.25, 0.3) is 0 Å². The van der Waals surface area contributed by atoms with Gasteiger partial charge in [0, 0.05) is 52.9 Å². The highest BCUT2D eigenvalue weighted by molar-refractivity contribution is 14.0. The van der Waals surface area contributed by atoms with Crippen molar-refractivity contribution in [3.63, 3.8) is 0 Å². The molecule has 1 N–H and O–H groups in total. The van der Waals surface area contributed by atoms with Crippen LogP contribution in [0.4, 0.5) is 0 Å². The molecule has 4 unspecified atom stereocenters. The van der Waals surface area contributed by atoms with E-state index in [1.165, 1.54) is 11.1 Å². The van der Waals surface area contributed by atoms with Gasteiger partial charge in [-0.05, 0) is 37.8 Å². The van der Waals surface area contributed by atoms with Crippen molar-refractivity contribution in [2.45, 2.75) is 64.2 Å². The molecule has 3 aliphatic rings. The summed E-state index contributed by atoms with van der Waals surface area (Å²) in [6.07, 6.45) is 3.15. The number of halogens is 1. The van der Waals surface area contributed by atoms with Crippen LogP contribution in [0.15, 0.2) is 29.3 Å². The SMILES string of the molecule is CN=C(NCc1ccccc1CN1CC(C)OC(C)C1)N1CCOC(C2CCCO2)C1.I. The van der Waals surface area contributed by atoms with E-state index in [1.807, 2.05) is 7.05 Å². The first kappa shape index (κ1) is 25.7. The van der Waals surface area contributed by atoms with Crippen LogP contribution in [0.2, 0.25) is 0 Å². The fraction of sp³-hybridized carbons (Fsp3) is 0.708. The van der Waals surface area contributed by atoms with Crippen molar-refractivity contribution >= 4 is 29.9 Å². The second-order valence-electron chi connectivity index (χ2n) is 9.03. The molecule has 1 aromatic carbocycles. The molecule has 0 bridgehead atoms. The Bertz CT molecular complexity index is 734. The standard InChI is InChI=1S/C24H38N4O3.HI/c1-18-14-27(15-19(2)31-18)16-21-8-5-4-7-20(21)13-26-24(25-3)28-10-12-30-23(17-28)22-9-6-11-29-22;/h4-5,7-8,18-19,22-23H,6,9-17H2,1-3H3,(H,25,26);1H. The lowest BCUT2D eigenvalue weighted by atomic mass is 10.1. The molecule has 7 nitrogen and oxygen atoms in total. The zero-order valence-corrected chi connectivity index (χ0v) is 22.0. The maximum Gasteiger partial charge on any atom is 0.194 e. The van der Waals surface area contributed by atoms with E-state index in [4.69, 9.17) is 14.2 Å². The van der Waals surface area contributed by atoms with Gasteiger partial charge in [-0.2, -0.15) is 0 Å². The molecule has 1 aromatic rings. The van der Waals surface area contributed by atoms with Gasteiger partial charge in [0.2, 0.25) is 0 Å². The molecule has 0 spiro atoms. The van der Waals surface area contributed by atoms with E-state index in [-0.39, 0.29) is 48.4 Å². The van der Waals surface area contributed by atoms with Crippen LogP contribution in [-0.4, -0.2) is 86.6 Å². The number of ether oxygens (including phenoxy) is 3. The summed E-state index contributed by atoms with van der Waals surface area (Å²) in [6, 6.07) is 8.72. The summed E-state index contributed by atoms with van der Waals surface area (Å²) in [5.74, 6) is 0.940. The number of guanidine groups is 1. The largest absolute Gasteiger partial charge is 0.375 e. The summed E-state index contributed by atoms with van der Waals surface area (Å²) in [5, 5.41) is 3.60. The van der Waals surface area contributed by atoms with E-state index in [1.54, 1.807) is 0 Å². The number of hydrogen-bond donors (Lipinski definition) is 1. The van der Waals surface area contributed by atoms with Gasteiger partial charge in [-0.1, -0.05) is 24.3 Å². The minimum atomic E-state index is 0. The van der Waals surface area contributed by atoms with Crippen molar-refractivity contribution in [3.05, 3.63) is 35.4 Å². The van der Waals surface area contributed by atoms with E-state index in [0.717, 1.165) is 71.3 Å². The summed E-state index contributed by atoms with van der Waals surface area (Å²) >= 11 is 0. The molecule has 0 saturated carbocycles. The molecule has 8 heteroatoms. The van der Waals surface area contributed by atoms with Gasteiger partial charge in [0.15, 0.2) is 5.96 Å². The fourth-order valence-corrected chi connectivity index (χ4v) is 5.03. The second-order valence-corrected chi connectivity index (χ2v) is 9.03. The van der Waals surface area contributed by atoms with E-state index in [9.17, 15) is 0 Å². The Balaban J connectivity index is 0.00000289. The monoisotopic (exact) mass is 558 g/mol. The molecule has 32 heavy (non-hydrogen) atoms. The van der Waals surface area contributed by atoms with Crippen LogP contribution < -0.4 is 5.32 Å². The third kappa shape index (κ3) is 6.79. The summed E-state index contributed by atoms with van der Waals surface area (Å²) < 4.78 is 17.8. The zero-order valence-electron chi connectivity index (χ0n) is 19.7. The summed E-state index contributed by atoms with van der Waals surface area (Å²) in [6.45, 7) is 11.2. The van der Waals surface area contributed by atoms with E-state index >= 15 is 0 Å². The number of rotatable bonds is 5. The van der Waals surface area contributed by atoms with Crippen LogP contribution >= 0.6 is 24.0 Å². The minimum Gasteiger partial charge on any atom is -0.375 e. The van der Waals surface area contributed by atoms with Gasteiger partial charge in [-0.15, -0.1) is 24.0 Å². The summed E-state index contributed by atoms with van der Waals surface area (Å²) in [7, 11) is 1.86. The van der Waals surface area contributed by atoms with Gasteiger partial charge in [-0.3, -0.25) is 9.89 Å². The number of morpholine rings is 2. The average Bonchev–Trinajstić information content (AvgIpc) is 3.30.